The molecule has 3 N–H and O–H groups in total. The first-order valence-corrected chi connectivity index (χ1v) is 9.18. The monoisotopic (exact) mass is 366 g/mol. The van der Waals surface area contributed by atoms with Crippen molar-refractivity contribution in [3.63, 3.8) is 0 Å². The molecule has 2 amide bonds. The maximum Gasteiger partial charge on any atom is 0.315 e. The van der Waals surface area contributed by atoms with Gasteiger partial charge >= 0.3 is 6.03 Å². The van der Waals surface area contributed by atoms with Crippen molar-refractivity contribution in [3.8, 4) is 5.75 Å². The standard InChI is InChI=1S/C21H26N4O2/c1-14(2)19(20-23-17-6-4-5-7-18(17)24-20)25-21(26)22-13-12-15-8-10-16(27-3)11-9-15/h4-11,14,19H,12-13H2,1-3H3,(H,23,24)(H2,22,25,26)/t19-/m0/s1. The Morgan fingerprint density at radius 1 is 1.15 bits per heavy atom. The first-order chi connectivity index (χ1) is 13.1. The van der Waals surface area contributed by atoms with Crippen molar-refractivity contribution < 1.29 is 9.53 Å². The number of methoxy groups -OCH3 is 1. The zero-order valence-corrected chi connectivity index (χ0v) is 16.0. The molecule has 6 heteroatoms. The van der Waals surface area contributed by atoms with Crippen molar-refractivity contribution in [1.29, 1.82) is 0 Å². The Bertz CT molecular complexity index is 854. The molecule has 0 saturated heterocycles. The van der Waals surface area contributed by atoms with Crippen LogP contribution in [0.15, 0.2) is 48.5 Å². The second-order valence-electron chi connectivity index (χ2n) is 6.86. The van der Waals surface area contributed by atoms with Gasteiger partial charge in [-0.05, 0) is 42.2 Å². The molecule has 3 rings (SSSR count). The van der Waals surface area contributed by atoms with Gasteiger partial charge in [0.1, 0.15) is 11.6 Å². The molecular formula is C21H26N4O2. The minimum atomic E-state index is -0.192. The zero-order chi connectivity index (χ0) is 19.2. The number of urea groups is 1. The summed E-state index contributed by atoms with van der Waals surface area (Å²) in [5.41, 5.74) is 3.02. The van der Waals surface area contributed by atoms with Gasteiger partial charge in [0, 0.05) is 6.54 Å². The number of rotatable bonds is 7. The summed E-state index contributed by atoms with van der Waals surface area (Å²) >= 11 is 0. The predicted molar refractivity (Wildman–Crippen MR) is 107 cm³/mol. The lowest BCUT2D eigenvalue weighted by Gasteiger charge is -2.20. The topological polar surface area (TPSA) is 79.0 Å². The lowest BCUT2D eigenvalue weighted by Crippen LogP contribution is -2.40. The van der Waals surface area contributed by atoms with Gasteiger partial charge in [-0.3, -0.25) is 0 Å². The van der Waals surface area contributed by atoms with Crippen molar-refractivity contribution in [2.24, 2.45) is 5.92 Å². The van der Waals surface area contributed by atoms with Gasteiger partial charge in [0.05, 0.1) is 24.2 Å². The van der Waals surface area contributed by atoms with E-state index in [1.807, 2.05) is 48.5 Å². The molecule has 0 aliphatic heterocycles. The third kappa shape index (κ3) is 4.78. The van der Waals surface area contributed by atoms with Gasteiger partial charge < -0.3 is 20.4 Å². The number of ether oxygens (including phenoxy) is 1. The lowest BCUT2D eigenvalue weighted by atomic mass is 10.0. The number of fused-ring (bicyclic) bond motifs is 1. The van der Waals surface area contributed by atoms with E-state index in [1.165, 1.54) is 0 Å². The Hall–Kier alpha value is -3.02. The maximum atomic E-state index is 12.4. The summed E-state index contributed by atoms with van der Waals surface area (Å²) in [6, 6.07) is 15.3. The number of aromatic amines is 1. The second kappa shape index (κ2) is 8.58. The molecule has 27 heavy (non-hydrogen) atoms. The summed E-state index contributed by atoms with van der Waals surface area (Å²) in [6.07, 6.45) is 0.758. The highest BCUT2D eigenvalue weighted by atomic mass is 16.5. The second-order valence-corrected chi connectivity index (χ2v) is 6.86. The van der Waals surface area contributed by atoms with Gasteiger partial charge in [-0.25, -0.2) is 9.78 Å². The molecule has 2 aromatic carbocycles. The number of benzene rings is 2. The number of amides is 2. The number of para-hydroxylation sites is 2. The lowest BCUT2D eigenvalue weighted by molar-refractivity contribution is 0.232. The number of nitrogens with one attached hydrogen (secondary N) is 3. The first-order valence-electron chi connectivity index (χ1n) is 9.18. The van der Waals surface area contributed by atoms with Crippen molar-refractivity contribution in [3.05, 3.63) is 59.9 Å². The molecule has 0 saturated carbocycles. The molecule has 0 spiro atoms. The molecule has 1 aromatic heterocycles. The average molecular weight is 366 g/mol. The minimum absolute atomic E-state index is 0.182. The third-order valence-corrected chi connectivity index (χ3v) is 4.51. The van der Waals surface area contributed by atoms with Crippen molar-refractivity contribution >= 4 is 17.1 Å². The number of nitrogens with zero attached hydrogens (tertiary/aromatic N) is 1. The molecule has 0 bridgehead atoms. The summed E-state index contributed by atoms with van der Waals surface area (Å²) in [5, 5.41) is 5.96. The predicted octanol–water partition coefficient (Wildman–Crippen LogP) is 3.81. The summed E-state index contributed by atoms with van der Waals surface area (Å²) in [5.74, 6) is 1.81. The Kier molecular flexibility index (Phi) is 5.96. The largest absolute Gasteiger partial charge is 0.497 e. The quantitative estimate of drug-likeness (QED) is 0.595. The fourth-order valence-corrected chi connectivity index (χ4v) is 2.98. The molecule has 0 aliphatic carbocycles. The SMILES string of the molecule is COc1ccc(CCNC(=O)N[C@H](c2nc3ccccc3[nH]2)C(C)C)cc1. The number of carbonyl (C=O) groups excluding carboxylic acids is 1. The van der Waals surface area contributed by atoms with Crippen LogP contribution < -0.4 is 15.4 Å². The van der Waals surface area contributed by atoms with Crippen LogP contribution in [0.4, 0.5) is 4.79 Å². The zero-order valence-electron chi connectivity index (χ0n) is 16.0. The Morgan fingerprint density at radius 3 is 2.56 bits per heavy atom. The van der Waals surface area contributed by atoms with Crippen molar-refractivity contribution in [1.82, 2.24) is 20.6 Å². The van der Waals surface area contributed by atoms with Crippen LogP contribution >= 0.6 is 0 Å². The molecule has 0 fully saturated rings. The Labute approximate surface area is 159 Å². The Morgan fingerprint density at radius 2 is 1.89 bits per heavy atom. The summed E-state index contributed by atoms with van der Waals surface area (Å²) in [7, 11) is 1.65. The molecule has 6 nitrogen and oxygen atoms in total. The highest BCUT2D eigenvalue weighted by Crippen LogP contribution is 2.22. The Balaban J connectivity index is 1.56. The van der Waals surface area contributed by atoms with Crippen LogP contribution in [-0.2, 0) is 6.42 Å². The van der Waals surface area contributed by atoms with Crippen LogP contribution in [0.25, 0.3) is 11.0 Å². The summed E-state index contributed by atoms with van der Waals surface area (Å²) < 4.78 is 5.15. The molecule has 0 aliphatic rings. The molecule has 0 unspecified atom stereocenters. The van der Waals surface area contributed by atoms with Crippen LogP contribution in [0, 0.1) is 5.92 Å². The smallest absolute Gasteiger partial charge is 0.315 e. The third-order valence-electron chi connectivity index (χ3n) is 4.51. The van der Waals surface area contributed by atoms with E-state index in [4.69, 9.17) is 4.74 Å². The normalized spacial score (nSPS) is 12.1. The highest BCUT2D eigenvalue weighted by Gasteiger charge is 2.21. The van der Waals surface area contributed by atoms with Gasteiger partial charge in [-0.1, -0.05) is 38.1 Å². The van der Waals surface area contributed by atoms with E-state index in [2.05, 4.69) is 34.4 Å². The van der Waals surface area contributed by atoms with Crippen LogP contribution in [0.5, 0.6) is 5.75 Å². The maximum absolute atomic E-state index is 12.4. The van der Waals surface area contributed by atoms with Gasteiger partial charge in [0.2, 0.25) is 0 Å². The van der Waals surface area contributed by atoms with Gasteiger partial charge in [-0.15, -0.1) is 0 Å². The van der Waals surface area contributed by atoms with Crippen molar-refractivity contribution in [2.45, 2.75) is 26.3 Å². The van der Waals surface area contributed by atoms with Crippen LogP contribution in [-0.4, -0.2) is 29.7 Å². The highest BCUT2D eigenvalue weighted by molar-refractivity contribution is 5.76. The number of imidazole rings is 1. The molecular weight excluding hydrogens is 340 g/mol. The number of hydrogen-bond donors (Lipinski definition) is 3. The number of hydrogen-bond acceptors (Lipinski definition) is 3. The minimum Gasteiger partial charge on any atom is -0.497 e. The van der Waals surface area contributed by atoms with E-state index in [0.717, 1.165) is 34.6 Å². The molecule has 3 aromatic rings. The number of aromatic nitrogens is 2. The average Bonchev–Trinajstić information content (AvgIpc) is 3.10. The molecule has 0 radical (unpaired) electrons. The number of H-pyrrole nitrogens is 1. The fourth-order valence-electron chi connectivity index (χ4n) is 2.98. The van der Waals surface area contributed by atoms with Crippen LogP contribution in [0.1, 0.15) is 31.3 Å². The summed E-state index contributed by atoms with van der Waals surface area (Å²) in [4.78, 5) is 20.3. The van der Waals surface area contributed by atoms with Crippen LogP contribution in [0.3, 0.4) is 0 Å². The molecule has 142 valence electrons. The molecule has 1 atom stereocenters. The summed E-state index contributed by atoms with van der Waals surface area (Å²) in [6.45, 7) is 4.69. The van der Waals surface area contributed by atoms with Crippen molar-refractivity contribution in [2.75, 3.05) is 13.7 Å². The van der Waals surface area contributed by atoms with E-state index >= 15 is 0 Å². The molecule has 1 heterocycles. The van der Waals surface area contributed by atoms with E-state index in [9.17, 15) is 4.79 Å². The fraction of sp³-hybridized carbons (Fsp3) is 0.333. The van der Waals surface area contributed by atoms with E-state index < -0.39 is 0 Å². The van der Waals surface area contributed by atoms with E-state index in [0.29, 0.717) is 6.54 Å². The van der Waals surface area contributed by atoms with E-state index in [-0.39, 0.29) is 18.0 Å². The van der Waals surface area contributed by atoms with Gasteiger partial charge in [0.15, 0.2) is 0 Å². The first kappa shape index (κ1) is 18.8. The van der Waals surface area contributed by atoms with Gasteiger partial charge in [0.25, 0.3) is 0 Å². The van der Waals surface area contributed by atoms with Crippen LogP contribution in [0.2, 0.25) is 0 Å². The number of carbonyl (C=O) groups is 1. The van der Waals surface area contributed by atoms with E-state index in [1.54, 1.807) is 7.11 Å². The van der Waals surface area contributed by atoms with Gasteiger partial charge in [-0.2, -0.15) is 0 Å².